The second kappa shape index (κ2) is 4.57. The molecule has 13 heavy (non-hydrogen) atoms. The first-order chi connectivity index (χ1) is 6.26. The van der Waals surface area contributed by atoms with Crippen molar-refractivity contribution in [1.82, 2.24) is 0 Å². The normalized spacial score (nSPS) is 32.8. The van der Waals surface area contributed by atoms with Crippen molar-refractivity contribution in [3.63, 3.8) is 0 Å². The molecule has 0 heterocycles. The van der Waals surface area contributed by atoms with Gasteiger partial charge >= 0.3 is 0 Å². The quantitative estimate of drug-likeness (QED) is 0.391. The van der Waals surface area contributed by atoms with Crippen LogP contribution >= 0.6 is 0 Å². The molecule has 1 saturated carbocycles. The molecule has 0 spiro atoms. The van der Waals surface area contributed by atoms with Gasteiger partial charge in [0.2, 0.25) is 0 Å². The third-order valence-electron chi connectivity index (χ3n) is 2.06. The number of rotatable bonds is 2. The molecule has 0 aliphatic heterocycles. The lowest BCUT2D eigenvalue weighted by Crippen LogP contribution is -2.30. The molecule has 1 fully saturated rings. The minimum Gasteiger partial charge on any atom is -0.393 e. The highest BCUT2D eigenvalue weighted by molar-refractivity contribution is 4.86. The predicted molar refractivity (Wildman–Crippen MR) is 45.7 cm³/mol. The Morgan fingerprint density at radius 3 is 1.85 bits per heavy atom. The Labute approximate surface area is 74.6 Å². The summed E-state index contributed by atoms with van der Waals surface area (Å²) in [6.45, 7) is 0. The molecule has 3 atom stereocenters. The van der Waals surface area contributed by atoms with E-state index in [1.165, 1.54) is 0 Å². The fourth-order valence-electron chi connectivity index (χ4n) is 1.57. The number of hydrogen-bond donors (Lipinski definition) is 1. The van der Waals surface area contributed by atoms with E-state index in [4.69, 9.17) is 11.1 Å². The Kier molecular flexibility index (Phi) is 3.40. The van der Waals surface area contributed by atoms with Crippen LogP contribution in [0, 0.1) is 0 Å². The van der Waals surface area contributed by atoms with Crippen LogP contribution in [0.4, 0.5) is 0 Å². The molecular weight excluding hydrogens is 172 g/mol. The van der Waals surface area contributed by atoms with E-state index in [0.29, 0.717) is 19.3 Å². The average Bonchev–Trinajstić information content (AvgIpc) is 2.04. The molecule has 1 aliphatic rings. The standard InChI is InChI=1S/C6H10N6O/c7-11-9-4-1-5(10-12-8)3-6(13)2-4/h4-6,13H,1-3H2/t4-,5+,6+. The highest BCUT2D eigenvalue weighted by Gasteiger charge is 2.26. The Morgan fingerprint density at radius 1 is 1.00 bits per heavy atom. The highest BCUT2D eigenvalue weighted by atomic mass is 16.3. The molecule has 1 aliphatic carbocycles. The van der Waals surface area contributed by atoms with Crippen molar-refractivity contribution in [2.24, 2.45) is 10.2 Å². The van der Waals surface area contributed by atoms with Crippen LogP contribution in [0.1, 0.15) is 19.3 Å². The molecule has 0 saturated heterocycles. The van der Waals surface area contributed by atoms with E-state index in [2.05, 4.69) is 20.1 Å². The van der Waals surface area contributed by atoms with Crippen molar-refractivity contribution < 1.29 is 5.11 Å². The van der Waals surface area contributed by atoms with E-state index in [1.807, 2.05) is 0 Å². The van der Waals surface area contributed by atoms with Gasteiger partial charge in [0.05, 0.1) is 6.10 Å². The number of nitrogens with zero attached hydrogens (tertiary/aromatic N) is 6. The van der Waals surface area contributed by atoms with Gasteiger partial charge in [-0.2, -0.15) is 0 Å². The summed E-state index contributed by atoms with van der Waals surface area (Å²) in [4.78, 5) is 5.33. The Hall–Kier alpha value is -1.42. The summed E-state index contributed by atoms with van der Waals surface area (Å²) < 4.78 is 0. The maximum atomic E-state index is 9.34. The third-order valence-corrected chi connectivity index (χ3v) is 2.06. The zero-order chi connectivity index (χ0) is 9.68. The molecule has 70 valence electrons. The molecule has 0 aromatic heterocycles. The number of aliphatic hydroxyl groups is 1. The summed E-state index contributed by atoms with van der Waals surface area (Å²) in [6.07, 6.45) is 0.925. The summed E-state index contributed by atoms with van der Waals surface area (Å²) in [5.41, 5.74) is 16.4. The monoisotopic (exact) mass is 182 g/mol. The van der Waals surface area contributed by atoms with Crippen molar-refractivity contribution in [2.45, 2.75) is 37.5 Å². The van der Waals surface area contributed by atoms with E-state index in [-0.39, 0.29) is 12.1 Å². The van der Waals surface area contributed by atoms with E-state index in [9.17, 15) is 5.11 Å². The van der Waals surface area contributed by atoms with Crippen molar-refractivity contribution >= 4 is 0 Å². The first-order valence-corrected chi connectivity index (χ1v) is 4.02. The molecular formula is C6H10N6O. The van der Waals surface area contributed by atoms with Gasteiger partial charge in [-0.1, -0.05) is 10.2 Å². The summed E-state index contributed by atoms with van der Waals surface area (Å²) in [5, 5.41) is 16.3. The van der Waals surface area contributed by atoms with Gasteiger partial charge in [-0.05, 0) is 30.3 Å². The second-order valence-corrected chi connectivity index (χ2v) is 3.08. The minimum atomic E-state index is -0.528. The van der Waals surface area contributed by atoms with Crippen LogP contribution in [0.3, 0.4) is 0 Å². The molecule has 0 radical (unpaired) electrons. The number of hydrogen-bond acceptors (Lipinski definition) is 3. The van der Waals surface area contributed by atoms with E-state index in [0.717, 1.165) is 0 Å². The smallest absolute Gasteiger partial charge is 0.0548 e. The Balaban J connectivity index is 2.61. The van der Waals surface area contributed by atoms with Crippen molar-refractivity contribution in [3.05, 3.63) is 20.9 Å². The first-order valence-electron chi connectivity index (χ1n) is 4.02. The number of aliphatic hydroxyl groups excluding tert-OH is 1. The van der Waals surface area contributed by atoms with Crippen LogP contribution in [0.15, 0.2) is 10.2 Å². The second-order valence-electron chi connectivity index (χ2n) is 3.08. The molecule has 0 unspecified atom stereocenters. The van der Waals surface area contributed by atoms with Crippen LogP contribution in [0.5, 0.6) is 0 Å². The van der Waals surface area contributed by atoms with Gasteiger partial charge in [0.15, 0.2) is 0 Å². The van der Waals surface area contributed by atoms with Gasteiger partial charge in [-0.15, -0.1) is 0 Å². The first kappa shape index (κ1) is 9.67. The van der Waals surface area contributed by atoms with Crippen molar-refractivity contribution in [3.8, 4) is 0 Å². The van der Waals surface area contributed by atoms with Crippen molar-refractivity contribution in [2.75, 3.05) is 0 Å². The van der Waals surface area contributed by atoms with E-state index < -0.39 is 6.10 Å². The summed E-state index contributed by atoms with van der Waals surface area (Å²) in [5.74, 6) is 0. The third kappa shape index (κ3) is 2.83. The van der Waals surface area contributed by atoms with Gasteiger partial charge in [0.1, 0.15) is 0 Å². The van der Waals surface area contributed by atoms with Gasteiger partial charge < -0.3 is 5.11 Å². The topological polar surface area (TPSA) is 118 Å². The van der Waals surface area contributed by atoms with Crippen LogP contribution < -0.4 is 0 Å². The highest BCUT2D eigenvalue weighted by Crippen LogP contribution is 2.24. The fraction of sp³-hybridized carbons (Fsp3) is 1.00. The Bertz CT molecular complexity index is 240. The summed E-state index contributed by atoms with van der Waals surface area (Å²) in [7, 11) is 0. The minimum absolute atomic E-state index is 0.246. The van der Waals surface area contributed by atoms with Gasteiger partial charge in [0.25, 0.3) is 0 Å². The van der Waals surface area contributed by atoms with E-state index >= 15 is 0 Å². The van der Waals surface area contributed by atoms with Crippen molar-refractivity contribution in [1.29, 1.82) is 0 Å². The molecule has 1 N–H and O–H groups in total. The SMILES string of the molecule is [N-]=[N+]=N[C@@H]1C[C@@H](O)C[C@H](N=[N+]=[N-])C1. The van der Waals surface area contributed by atoms with Crippen LogP contribution in [-0.4, -0.2) is 23.3 Å². The van der Waals surface area contributed by atoms with Gasteiger partial charge in [0, 0.05) is 21.9 Å². The van der Waals surface area contributed by atoms with Gasteiger partial charge in [-0.25, -0.2) is 0 Å². The summed E-state index contributed by atoms with van der Waals surface area (Å²) >= 11 is 0. The summed E-state index contributed by atoms with van der Waals surface area (Å²) in [6, 6.07) is -0.492. The molecule has 0 aromatic rings. The molecule has 0 aromatic carbocycles. The maximum absolute atomic E-state index is 9.34. The lowest BCUT2D eigenvalue weighted by Gasteiger charge is -2.26. The van der Waals surface area contributed by atoms with E-state index in [1.54, 1.807) is 0 Å². The predicted octanol–water partition coefficient (Wildman–Crippen LogP) is 1.89. The van der Waals surface area contributed by atoms with Crippen LogP contribution in [-0.2, 0) is 0 Å². The molecule has 1 rings (SSSR count). The van der Waals surface area contributed by atoms with Gasteiger partial charge in [-0.3, -0.25) is 0 Å². The largest absolute Gasteiger partial charge is 0.393 e. The lowest BCUT2D eigenvalue weighted by atomic mass is 9.90. The maximum Gasteiger partial charge on any atom is 0.0548 e. The number of azide groups is 2. The van der Waals surface area contributed by atoms with Crippen LogP contribution in [0.2, 0.25) is 0 Å². The molecule has 7 nitrogen and oxygen atoms in total. The zero-order valence-electron chi connectivity index (χ0n) is 6.98. The fourth-order valence-corrected chi connectivity index (χ4v) is 1.57. The zero-order valence-corrected chi connectivity index (χ0v) is 6.98. The molecule has 0 amide bonds. The molecule has 7 heteroatoms. The lowest BCUT2D eigenvalue weighted by molar-refractivity contribution is 0.111. The molecule has 0 bridgehead atoms. The average molecular weight is 182 g/mol. The van der Waals surface area contributed by atoms with Crippen LogP contribution in [0.25, 0.3) is 20.9 Å². The Morgan fingerprint density at radius 2 is 1.46 bits per heavy atom.